The molecule has 1 fully saturated rings. The van der Waals surface area contributed by atoms with Gasteiger partial charge in [0, 0.05) is 11.9 Å². The average Bonchev–Trinajstić information content (AvgIpc) is 2.82. The maximum atomic E-state index is 12.1. The Morgan fingerprint density at radius 1 is 1.47 bits per heavy atom. The summed E-state index contributed by atoms with van der Waals surface area (Å²) in [5.74, 6) is -0.566. The highest BCUT2D eigenvalue weighted by molar-refractivity contribution is 7.99. The monoisotopic (exact) mass is 320 g/mol. The lowest BCUT2D eigenvalue weighted by Gasteiger charge is -2.24. The smallest absolute Gasteiger partial charge is 0.330 e. The zero-order valence-electron chi connectivity index (χ0n) is 9.65. The molecule has 1 saturated heterocycles. The number of carbonyl (C=O) groups excluding carboxylic acids is 1. The maximum absolute atomic E-state index is 12.1. The van der Waals surface area contributed by atoms with Gasteiger partial charge in [0.2, 0.25) is 0 Å². The van der Waals surface area contributed by atoms with Crippen LogP contribution in [0.1, 0.15) is 16.8 Å². The number of nitrogens with zero attached hydrogens (tertiary/aromatic N) is 1. The third-order valence-corrected chi connectivity index (χ3v) is 4.55. The van der Waals surface area contributed by atoms with E-state index < -0.39 is 17.4 Å². The number of hydrogen-bond donors (Lipinski definition) is 2. The summed E-state index contributed by atoms with van der Waals surface area (Å²) in [7, 11) is 0. The van der Waals surface area contributed by atoms with Gasteiger partial charge in [-0.2, -0.15) is 11.8 Å². The lowest BCUT2D eigenvalue weighted by Crippen LogP contribution is -2.54. The molecule has 2 rings (SSSR count). The molecule has 19 heavy (non-hydrogen) atoms. The summed E-state index contributed by atoms with van der Waals surface area (Å²) in [4.78, 5) is 27.2. The Morgan fingerprint density at radius 2 is 2.21 bits per heavy atom. The summed E-state index contributed by atoms with van der Waals surface area (Å²) in [6, 6.07) is 1.32. The molecule has 1 aliphatic heterocycles. The number of rotatable bonds is 3. The van der Waals surface area contributed by atoms with Crippen molar-refractivity contribution in [3.05, 3.63) is 28.0 Å². The first-order chi connectivity index (χ1) is 8.94. The Bertz CT molecular complexity index is 533. The molecule has 0 spiro atoms. The van der Waals surface area contributed by atoms with Gasteiger partial charge in [0.05, 0.1) is 10.6 Å². The van der Waals surface area contributed by atoms with Crippen LogP contribution in [0.5, 0.6) is 0 Å². The van der Waals surface area contributed by atoms with E-state index >= 15 is 0 Å². The largest absolute Gasteiger partial charge is 0.479 e. The van der Waals surface area contributed by atoms with Gasteiger partial charge >= 0.3 is 5.97 Å². The minimum Gasteiger partial charge on any atom is -0.479 e. The molecule has 5 nitrogen and oxygen atoms in total. The molecule has 0 aromatic carbocycles. The number of halogens is 2. The molecule has 1 aromatic rings. The van der Waals surface area contributed by atoms with Crippen molar-refractivity contribution < 1.29 is 14.7 Å². The molecule has 0 aliphatic carbocycles. The third-order valence-electron chi connectivity index (χ3n) is 2.85. The molecule has 102 valence electrons. The molecule has 1 atom stereocenters. The van der Waals surface area contributed by atoms with Gasteiger partial charge in [0.15, 0.2) is 0 Å². The van der Waals surface area contributed by atoms with Gasteiger partial charge < -0.3 is 10.4 Å². The van der Waals surface area contributed by atoms with E-state index in [1.165, 1.54) is 24.0 Å². The van der Waals surface area contributed by atoms with Crippen molar-refractivity contribution >= 4 is 46.8 Å². The molecule has 0 bridgehead atoms. The maximum Gasteiger partial charge on any atom is 0.330 e. The minimum absolute atomic E-state index is 0.124. The molecule has 1 aliphatic rings. The summed E-state index contributed by atoms with van der Waals surface area (Å²) in [5, 5.41) is 12.1. The highest BCUT2D eigenvalue weighted by atomic mass is 35.5. The highest BCUT2D eigenvalue weighted by Gasteiger charge is 2.43. The van der Waals surface area contributed by atoms with E-state index in [4.69, 9.17) is 23.2 Å². The number of aromatic nitrogens is 1. The molecule has 0 radical (unpaired) electrons. The van der Waals surface area contributed by atoms with Crippen LogP contribution >= 0.6 is 35.0 Å². The normalized spacial score (nSPS) is 22.2. The zero-order chi connectivity index (χ0) is 14.0. The number of carboxylic acids is 1. The van der Waals surface area contributed by atoms with Gasteiger partial charge in [-0.3, -0.25) is 4.79 Å². The topological polar surface area (TPSA) is 79.3 Å². The van der Waals surface area contributed by atoms with Gasteiger partial charge in [-0.1, -0.05) is 23.2 Å². The first-order valence-corrected chi connectivity index (χ1v) is 7.30. The fraction of sp³-hybridized carbons (Fsp3) is 0.364. The highest BCUT2D eigenvalue weighted by Crippen LogP contribution is 2.29. The number of thioether (sulfide) groups is 1. The molecule has 1 unspecified atom stereocenters. The van der Waals surface area contributed by atoms with Gasteiger partial charge in [0.1, 0.15) is 10.7 Å². The predicted molar refractivity (Wildman–Crippen MR) is 74.0 cm³/mol. The van der Waals surface area contributed by atoms with E-state index in [1.54, 1.807) is 0 Å². The Labute approximate surface area is 123 Å². The molecule has 0 saturated carbocycles. The van der Waals surface area contributed by atoms with Crippen LogP contribution in [-0.2, 0) is 4.79 Å². The summed E-state index contributed by atoms with van der Waals surface area (Å²) in [5.41, 5.74) is -1.11. The SMILES string of the molecule is O=C(NC1(C(=O)O)CCSC1)c1cc(Cl)ncc1Cl. The van der Waals surface area contributed by atoms with E-state index in [1.807, 2.05) is 0 Å². The van der Waals surface area contributed by atoms with Crippen LogP contribution in [0.15, 0.2) is 12.3 Å². The van der Waals surface area contributed by atoms with Crippen molar-refractivity contribution in [1.82, 2.24) is 10.3 Å². The fourth-order valence-electron chi connectivity index (χ4n) is 1.76. The number of hydrogen-bond acceptors (Lipinski definition) is 4. The van der Waals surface area contributed by atoms with Crippen LogP contribution in [0.2, 0.25) is 10.2 Å². The van der Waals surface area contributed by atoms with Crippen molar-refractivity contribution in [1.29, 1.82) is 0 Å². The van der Waals surface area contributed by atoms with Gasteiger partial charge in [-0.25, -0.2) is 9.78 Å². The van der Waals surface area contributed by atoms with Gasteiger partial charge in [-0.05, 0) is 18.2 Å². The quantitative estimate of drug-likeness (QED) is 0.833. The van der Waals surface area contributed by atoms with Crippen molar-refractivity contribution in [2.75, 3.05) is 11.5 Å². The Balaban J connectivity index is 2.25. The van der Waals surface area contributed by atoms with E-state index in [0.717, 1.165) is 0 Å². The van der Waals surface area contributed by atoms with Crippen LogP contribution in [0, 0.1) is 0 Å². The Morgan fingerprint density at radius 3 is 2.79 bits per heavy atom. The number of pyridine rings is 1. The zero-order valence-corrected chi connectivity index (χ0v) is 12.0. The number of amides is 1. The Hall–Kier alpha value is -0.980. The van der Waals surface area contributed by atoms with Gasteiger partial charge in [-0.15, -0.1) is 0 Å². The fourth-order valence-corrected chi connectivity index (χ4v) is 3.43. The standard InChI is InChI=1S/C11H10Cl2N2O3S/c12-7-4-14-8(13)3-6(7)9(16)15-11(10(17)18)1-2-19-5-11/h3-4H,1-2,5H2,(H,15,16)(H,17,18). The van der Waals surface area contributed by atoms with E-state index in [-0.39, 0.29) is 15.7 Å². The number of carboxylic acid groups (broad SMARTS) is 1. The van der Waals surface area contributed by atoms with Crippen LogP contribution in [0.25, 0.3) is 0 Å². The van der Waals surface area contributed by atoms with Crippen molar-refractivity contribution in [2.24, 2.45) is 0 Å². The number of aliphatic carboxylic acids is 1. The summed E-state index contributed by atoms with van der Waals surface area (Å²) >= 11 is 13.1. The molecule has 2 heterocycles. The lowest BCUT2D eigenvalue weighted by atomic mass is 9.98. The van der Waals surface area contributed by atoms with Crippen LogP contribution in [-0.4, -0.2) is 39.0 Å². The van der Waals surface area contributed by atoms with Crippen molar-refractivity contribution in [3.63, 3.8) is 0 Å². The molecular weight excluding hydrogens is 311 g/mol. The van der Waals surface area contributed by atoms with Crippen LogP contribution in [0.3, 0.4) is 0 Å². The predicted octanol–water partition coefficient (Wildman–Crippen LogP) is 2.08. The average molecular weight is 321 g/mol. The van der Waals surface area contributed by atoms with Crippen LogP contribution in [0.4, 0.5) is 0 Å². The summed E-state index contributed by atoms with van der Waals surface area (Å²) in [6.07, 6.45) is 1.64. The van der Waals surface area contributed by atoms with Crippen molar-refractivity contribution in [2.45, 2.75) is 12.0 Å². The second kappa shape index (κ2) is 5.56. The number of carbonyl (C=O) groups is 2. The second-order valence-corrected chi connectivity index (χ2v) is 6.03. The first-order valence-electron chi connectivity index (χ1n) is 5.39. The van der Waals surface area contributed by atoms with E-state index in [0.29, 0.717) is 17.9 Å². The van der Waals surface area contributed by atoms with Gasteiger partial charge in [0.25, 0.3) is 5.91 Å². The minimum atomic E-state index is -1.24. The summed E-state index contributed by atoms with van der Waals surface area (Å²) < 4.78 is 0. The molecule has 2 N–H and O–H groups in total. The number of nitrogens with one attached hydrogen (secondary N) is 1. The summed E-state index contributed by atoms with van der Waals surface area (Å²) in [6.45, 7) is 0. The molecule has 1 aromatic heterocycles. The van der Waals surface area contributed by atoms with Crippen LogP contribution < -0.4 is 5.32 Å². The van der Waals surface area contributed by atoms with Crippen molar-refractivity contribution in [3.8, 4) is 0 Å². The Kier molecular flexibility index (Phi) is 4.23. The first kappa shape index (κ1) is 14.4. The second-order valence-electron chi connectivity index (χ2n) is 4.13. The molecular formula is C11H10Cl2N2O3S. The lowest BCUT2D eigenvalue weighted by molar-refractivity contribution is -0.143. The van der Waals surface area contributed by atoms with E-state index in [2.05, 4.69) is 10.3 Å². The third kappa shape index (κ3) is 2.96. The van der Waals surface area contributed by atoms with E-state index in [9.17, 15) is 14.7 Å². The molecule has 1 amide bonds. The molecule has 8 heteroatoms.